The Labute approximate surface area is 452 Å². The highest BCUT2D eigenvalue weighted by Crippen LogP contribution is 2.55. The molecule has 0 saturated heterocycles. The van der Waals surface area contributed by atoms with Crippen LogP contribution in [0.1, 0.15) is 131 Å². The molecule has 2 aliphatic heterocycles. The lowest BCUT2D eigenvalue weighted by Crippen LogP contribution is -2.60. The molecule has 0 fully saturated rings. The quantitative estimate of drug-likeness (QED) is 0.154. The molecule has 0 amide bonds. The van der Waals surface area contributed by atoms with Gasteiger partial charge in [0, 0.05) is 54.6 Å². The first kappa shape index (κ1) is 49.1. The van der Waals surface area contributed by atoms with Crippen molar-refractivity contribution in [3.8, 4) is 11.1 Å². The van der Waals surface area contributed by atoms with E-state index in [4.69, 9.17) is 0 Å². The maximum absolute atomic E-state index is 2.68. The molecule has 0 radical (unpaired) electrons. The van der Waals surface area contributed by atoms with Crippen LogP contribution in [0.4, 0.5) is 51.2 Å². The first-order valence-electron chi connectivity index (χ1n) is 27.3. The highest BCUT2D eigenvalue weighted by molar-refractivity contribution is 7.33. The van der Waals surface area contributed by atoms with Gasteiger partial charge in [-0.3, -0.25) is 0 Å². The van der Waals surface area contributed by atoms with Gasteiger partial charge < -0.3 is 14.7 Å². The second-order valence-electron chi connectivity index (χ2n) is 26.2. The molecule has 0 spiro atoms. The van der Waals surface area contributed by atoms with Gasteiger partial charge in [0.1, 0.15) is 0 Å². The van der Waals surface area contributed by atoms with Crippen molar-refractivity contribution in [1.29, 1.82) is 0 Å². The number of fused-ring (bicyclic) bond motifs is 7. The van der Waals surface area contributed by atoms with Crippen LogP contribution in [0.5, 0.6) is 0 Å². The summed E-state index contributed by atoms with van der Waals surface area (Å²) in [6.07, 6.45) is 2.34. The summed E-state index contributed by atoms with van der Waals surface area (Å²) in [4.78, 5) is 7.79. The largest absolute Gasteiger partial charge is 0.311 e. The molecule has 376 valence electrons. The van der Waals surface area contributed by atoms with Crippen LogP contribution < -0.4 is 30.4 Å². The third-order valence-electron chi connectivity index (χ3n) is 17.0. The topological polar surface area (TPSA) is 9.72 Å². The Balaban J connectivity index is 1.26. The number of hydrogen-bond donors (Lipinski definition) is 0. The van der Waals surface area contributed by atoms with Gasteiger partial charge in [-0.15, -0.1) is 11.3 Å². The maximum Gasteiger partial charge on any atom is 0.264 e. The lowest BCUT2D eigenvalue weighted by Gasteiger charge is -2.45. The molecule has 9 aromatic rings. The van der Waals surface area contributed by atoms with Crippen molar-refractivity contribution in [2.75, 3.05) is 14.7 Å². The molecule has 8 aromatic carbocycles. The molecular formula is C70H72BN3S. The summed E-state index contributed by atoms with van der Waals surface area (Å²) in [6.45, 7) is 30.9. The van der Waals surface area contributed by atoms with Crippen LogP contribution in [-0.2, 0) is 27.1 Å². The van der Waals surface area contributed by atoms with Crippen molar-refractivity contribution in [3.05, 3.63) is 204 Å². The van der Waals surface area contributed by atoms with E-state index in [1.54, 1.807) is 0 Å². The van der Waals surface area contributed by atoms with Crippen LogP contribution in [0.2, 0.25) is 0 Å². The highest BCUT2D eigenvalue weighted by Gasteiger charge is 2.48. The summed E-state index contributed by atoms with van der Waals surface area (Å²) in [5.74, 6) is 0. The Bertz CT molecular complexity index is 3620. The molecule has 0 saturated carbocycles. The lowest BCUT2D eigenvalue weighted by molar-refractivity contribution is 0.332. The van der Waals surface area contributed by atoms with Gasteiger partial charge in [0.25, 0.3) is 6.71 Å². The number of anilines is 9. The van der Waals surface area contributed by atoms with Crippen LogP contribution >= 0.6 is 11.3 Å². The maximum atomic E-state index is 2.68. The number of rotatable bonds is 6. The van der Waals surface area contributed by atoms with Crippen LogP contribution in [0, 0.1) is 0 Å². The van der Waals surface area contributed by atoms with E-state index in [2.05, 4.69) is 281 Å². The Morgan fingerprint density at radius 2 is 0.960 bits per heavy atom. The second-order valence-corrected chi connectivity index (χ2v) is 27.2. The molecule has 1 aromatic heterocycles. The fourth-order valence-corrected chi connectivity index (χ4v) is 13.8. The average molecular weight is 998 g/mol. The number of para-hydroxylation sites is 2. The van der Waals surface area contributed by atoms with E-state index in [0.29, 0.717) is 0 Å². The predicted octanol–water partition coefficient (Wildman–Crippen LogP) is 18.4. The number of nitrogens with zero attached hydrogens (tertiary/aromatic N) is 3. The van der Waals surface area contributed by atoms with E-state index in [9.17, 15) is 0 Å². The molecule has 3 heterocycles. The number of benzene rings is 8. The zero-order chi connectivity index (χ0) is 52.6. The minimum absolute atomic E-state index is 0.00212. The van der Waals surface area contributed by atoms with Gasteiger partial charge in [0.2, 0.25) is 0 Å². The Morgan fingerprint density at radius 1 is 0.467 bits per heavy atom. The van der Waals surface area contributed by atoms with E-state index in [0.717, 1.165) is 23.5 Å². The van der Waals surface area contributed by atoms with Crippen molar-refractivity contribution < 1.29 is 0 Å². The molecule has 12 rings (SSSR count). The van der Waals surface area contributed by atoms with E-state index < -0.39 is 0 Å². The number of thiophene rings is 1. The lowest BCUT2D eigenvalue weighted by atomic mass is 9.36. The van der Waals surface area contributed by atoms with Crippen LogP contribution in [0.15, 0.2) is 176 Å². The molecule has 75 heavy (non-hydrogen) atoms. The van der Waals surface area contributed by atoms with Crippen molar-refractivity contribution in [3.63, 3.8) is 0 Å². The summed E-state index contributed by atoms with van der Waals surface area (Å²) in [5.41, 5.74) is 22.7. The zero-order valence-corrected chi connectivity index (χ0v) is 47.3. The van der Waals surface area contributed by atoms with E-state index in [1.807, 2.05) is 11.3 Å². The normalized spacial score (nSPS) is 15.6. The Kier molecular flexibility index (Phi) is 11.4. The first-order valence-corrected chi connectivity index (χ1v) is 28.1. The van der Waals surface area contributed by atoms with Crippen molar-refractivity contribution >= 4 is 95.0 Å². The van der Waals surface area contributed by atoms with Gasteiger partial charge in [-0.1, -0.05) is 187 Å². The standard InChI is InChI=1S/C70H72BN3S/c1-66(2,3)46-29-33-51(34-30-46)73-60-41-52(72(49-25-19-15-20-26-49)50-27-21-16-22-28-50)42-61-63(60)71(65-64(73)54-43-55-56(44-62(54)75-65)70(12,13)38-37-69(55,10)11)57-40-48(68(7,8)9)32-36-59(57)74(61)58-35-31-47(67(4,5)6)39-53(58)45-23-17-14-18-24-45/h14-36,39-44H,37-38H2,1-13H3. The fourth-order valence-electron chi connectivity index (χ4n) is 12.4. The summed E-state index contributed by atoms with van der Waals surface area (Å²) < 4.78 is 2.77. The molecule has 3 nitrogen and oxygen atoms in total. The molecular weight excluding hydrogens is 926 g/mol. The average Bonchev–Trinajstić information content (AvgIpc) is 3.81. The number of hydrogen-bond acceptors (Lipinski definition) is 4. The van der Waals surface area contributed by atoms with Gasteiger partial charge in [0.15, 0.2) is 0 Å². The fraction of sp³-hybridized carbons (Fsp3) is 0.286. The van der Waals surface area contributed by atoms with Gasteiger partial charge >= 0.3 is 0 Å². The molecule has 3 aliphatic rings. The van der Waals surface area contributed by atoms with Crippen molar-refractivity contribution in [1.82, 2.24) is 0 Å². The molecule has 0 N–H and O–H groups in total. The van der Waals surface area contributed by atoms with Gasteiger partial charge in [0.05, 0.1) is 17.1 Å². The third-order valence-corrected chi connectivity index (χ3v) is 18.2. The van der Waals surface area contributed by atoms with E-state index >= 15 is 0 Å². The van der Waals surface area contributed by atoms with Crippen LogP contribution in [-0.4, -0.2) is 6.71 Å². The summed E-state index contributed by atoms with van der Waals surface area (Å²) in [7, 11) is 0. The monoisotopic (exact) mass is 998 g/mol. The zero-order valence-electron chi connectivity index (χ0n) is 46.5. The van der Waals surface area contributed by atoms with Crippen LogP contribution in [0.25, 0.3) is 21.2 Å². The predicted molar refractivity (Wildman–Crippen MR) is 327 cm³/mol. The molecule has 5 heteroatoms. The summed E-state index contributed by atoms with van der Waals surface area (Å²) in [6, 6.07) is 67.5. The van der Waals surface area contributed by atoms with Gasteiger partial charge in [-0.2, -0.15) is 0 Å². The minimum Gasteiger partial charge on any atom is -0.311 e. The van der Waals surface area contributed by atoms with Crippen LogP contribution in [0.3, 0.4) is 0 Å². The van der Waals surface area contributed by atoms with Gasteiger partial charge in [-0.05, 0) is 163 Å². The minimum atomic E-state index is -0.0725. The first-order chi connectivity index (χ1) is 35.6. The summed E-state index contributed by atoms with van der Waals surface area (Å²) in [5, 5.41) is 1.35. The third kappa shape index (κ3) is 8.24. The van der Waals surface area contributed by atoms with Gasteiger partial charge in [-0.25, -0.2) is 0 Å². The SMILES string of the molecule is CC(C)(C)c1ccc(N2c3cc(N(c4ccccc4)c4ccccc4)cc4c3B(c3cc(C(C)(C)C)ccc3N4c3ccc(C(C)(C)C)cc3-c3ccccc3)c3sc4cc5c(cc4c32)C(C)(C)CCC5(C)C)cc1. The Morgan fingerprint density at radius 3 is 1.52 bits per heavy atom. The van der Waals surface area contributed by atoms with Crippen molar-refractivity contribution in [2.45, 2.75) is 130 Å². The molecule has 1 aliphatic carbocycles. The molecule has 0 bridgehead atoms. The highest BCUT2D eigenvalue weighted by atomic mass is 32.1. The van der Waals surface area contributed by atoms with E-state index in [1.165, 1.54) is 105 Å². The molecule has 0 atom stereocenters. The summed E-state index contributed by atoms with van der Waals surface area (Å²) >= 11 is 2.03. The second kappa shape index (κ2) is 17.4. The Hall–Kier alpha value is -6.82. The van der Waals surface area contributed by atoms with E-state index in [-0.39, 0.29) is 33.8 Å². The van der Waals surface area contributed by atoms with Crippen molar-refractivity contribution in [2.24, 2.45) is 0 Å². The smallest absolute Gasteiger partial charge is 0.264 e. The molecule has 0 unspecified atom stereocenters.